The summed E-state index contributed by atoms with van der Waals surface area (Å²) in [5.41, 5.74) is 2.23. The van der Waals surface area contributed by atoms with Crippen molar-refractivity contribution in [2.45, 2.75) is 77.7 Å². The summed E-state index contributed by atoms with van der Waals surface area (Å²) >= 11 is 0. The molecule has 4 saturated carbocycles. The number of hydrogen-bond acceptors (Lipinski definition) is 1. The fourth-order valence-corrected chi connectivity index (χ4v) is 6.03. The Labute approximate surface area is 132 Å². The average Bonchev–Trinajstić information content (AvgIpc) is 2.35. The predicted octanol–water partition coefficient (Wildman–Crippen LogP) is 5.27. The Kier molecular flexibility index (Phi) is 4.50. The highest BCUT2D eigenvalue weighted by Gasteiger charge is 2.50. The second-order valence-electron chi connectivity index (χ2n) is 9.09. The molecule has 1 nitrogen and oxygen atoms in total. The molecule has 21 heavy (non-hydrogen) atoms. The smallest absolute Gasteiger partial charge is 0.0124 e. The summed E-state index contributed by atoms with van der Waals surface area (Å²) in [5.74, 6) is 3.31. The fraction of sp³-hybridized carbons (Fsp3) is 0.900. The van der Waals surface area contributed by atoms with Gasteiger partial charge in [-0.25, -0.2) is 0 Å². The van der Waals surface area contributed by atoms with E-state index < -0.39 is 0 Å². The van der Waals surface area contributed by atoms with E-state index in [0.29, 0.717) is 0 Å². The van der Waals surface area contributed by atoms with Gasteiger partial charge in [-0.15, -0.1) is 0 Å². The maximum absolute atomic E-state index is 2.46. The average molecular weight is 290 g/mol. The van der Waals surface area contributed by atoms with Crippen LogP contribution in [0.15, 0.2) is 11.6 Å². The number of nitrogens with zero attached hydrogens (tertiary/aromatic N) is 1. The first-order valence-electron chi connectivity index (χ1n) is 9.25. The molecule has 4 aliphatic rings. The summed E-state index contributed by atoms with van der Waals surface area (Å²) in [5, 5.41) is 0. The van der Waals surface area contributed by atoms with Crippen LogP contribution < -0.4 is 0 Å². The van der Waals surface area contributed by atoms with E-state index in [1.165, 1.54) is 24.8 Å². The van der Waals surface area contributed by atoms with Gasteiger partial charge in [-0.2, -0.15) is 0 Å². The summed E-state index contributed by atoms with van der Waals surface area (Å²) < 4.78 is 0. The molecule has 1 atom stereocenters. The molecule has 1 unspecified atom stereocenters. The first-order chi connectivity index (χ1) is 9.96. The predicted molar refractivity (Wildman–Crippen MR) is 91.4 cm³/mol. The topological polar surface area (TPSA) is 3.24 Å². The van der Waals surface area contributed by atoms with Crippen LogP contribution in [0, 0.1) is 23.2 Å². The van der Waals surface area contributed by atoms with Gasteiger partial charge in [-0.3, -0.25) is 0 Å². The van der Waals surface area contributed by atoms with E-state index in [-0.39, 0.29) is 0 Å². The molecule has 4 aliphatic carbocycles. The van der Waals surface area contributed by atoms with E-state index in [1.807, 2.05) is 0 Å². The summed E-state index contributed by atoms with van der Waals surface area (Å²) in [4.78, 5) is 2.46. The quantitative estimate of drug-likeness (QED) is 0.602. The third kappa shape index (κ3) is 3.55. The van der Waals surface area contributed by atoms with Crippen molar-refractivity contribution >= 4 is 0 Å². The lowest BCUT2D eigenvalue weighted by Gasteiger charge is -2.57. The summed E-state index contributed by atoms with van der Waals surface area (Å²) in [7, 11) is 4.53. The normalized spacial score (nSPS) is 38.8. The minimum absolute atomic E-state index is 0.743. The second-order valence-corrected chi connectivity index (χ2v) is 9.09. The Bertz CT molecular complexity index is 353. The molecule has 0 aliphatic heterocycles. The standard InChI is InChI=1S/C20H35N/c1-15(2)5-6-19(21(3)4)7-8-20-12-16-9-17(13-20)11-18(10-16)14-20/h5,16-19H,6-14H2,1-4H3. The number of rotatable bonds is 6. The molecule has 0 aromatic heterocycles. The molecule has 0 amide bonds. The van der Waals surface area contributed by atoms with Crippen LogP contribution in [0.1, 0.15) is 71.6 Å². The van der Waals surface area contributed by atoms with Gasteiger partial charge in [-0.05, 0) is 109 Å². The van der Waals surface area contributed by atoms with E-state index in [1.54, 1.807) is 38.5 Å². The zero-order valence-corrected chi connectivity index (χ0v) is 14.7. The second kappa shape index (κ2) is 6.07. The van der Waals surface area contributed by atoms with Crippen LogP contribution in [0.5, 0.6) is 0 Å². The van der Waals surface area contributed by atoms with Gasteiger partial charge < -0.3 is 4.90 Å². The van der Waals surface area contributed by atoms with Gasteiger partial charge >= 0.3 is 0 Å². The SMILES string of the molecule is CC(C)=CCC(CCC12CC3CC(CC(C3)C1)C2)N(C)C. The van der Waals surface area contributed by atoms with Crippen molar-refractivity contribution in [1.29, 1.82) is 0 Å². The van der Waals surface area contributed by atoms with Crippen molar-refractivity contribution in [1.82, 2.24) is 4.90 Å². The molecule has 4 fully saturated rings. The Balaban J connectivity index is 1.59. The zero-order valence-electron chi connectivity index (χ0n) is 14.7. The van der Waals surface area contributed by atoms with Gasteiger partial charge in [0.15, 0.2) is 0 Å². The molecular formula is C20H35N. The van der Waals surface area contributed by atoms with Crippen LogP contribution in [0.25, 0.3) is 0 Å². The van der Waals surface area contributed by atoms with Crippen molar-refractivity contribution in [2.75, 3.05) is 14.1 Å². The molecule has 0 aromatic rings. The van der Waals surface area contributed by atoms with Crippen LogP contribution in [-0.4, -0.2) is 25.0 Å². The molecule has 4 bridgehead atoms. The van der Waals surface area contributed by atoms with Crippen LogP contribution in [-0.2, 0) is 0 Å². The van der Waals surface area contributed by atoms with E-state index in [0.717, 1.165) is 29.2 Å². The molecule has 0 saturated heterocycles. The molecule has 0 spiro atoms. The maximum atomic E-state index is 2.46. The van der Waals surface area contributed by atoms with Crippen molar-refractivity contribution in [2.24, 2.45) is 23.2 Å². The summed E-state index contributed by atoms with van der Waals surface area (Å²) in [6.45, 7) is 4.46. The zero-order chi connectivity index (χ0) is 15.0. The van der Waals surface area contributed by atoms with Crippen LogP contribution in [0.4, 0.5) is 0 Å². The maximum Gasteiger partial charge on any atom is 0.0124 e. The molecule has 0 N–H and O–H groups in total. The van der Waals surface area contributed by atoms with E-state index >= 15 is 0 Å². The molecule has 4 rings (SSSR count). The Hall–Kier alpha value is -0.300. The highest BCUT2D eigenvalue weighted by Crippen LogP contribution is 2.61. The fourth-order valence-electron chi connectivity index (χ4n) is 6.03. The Morgan fingerprint density at radius 1 is 1.05 bits per heavy atom. The van der Waals surface area contributed by atoms with Gasteiger partial charge in [-0.1, -0.05) is 11.6 Å². The molecule has 1 heteroatoms. The van der Waals surface area contributed by atoms with Gasteiger partial charge in [0.2, 0.25) is 0 Å². The van der Waals surface area contributed by atoms with Crippen molar-refractivity contribution in [3.63, 3.8) is 0 Å². The van der Waals surface area contributed by atoms with Crippen molar-refractivity contribution in [3.05, 3.63) is 11.6 Å². The third-order valence-corrected chi connectivity index (χ3v) is 6.70. The van der Waals surface area contributed by atoms with E-state index in [9.17, 15) is 0 Å². The lowest BCUT2D eigenvalue weighted by Crippen LogP contribution is -2.46. The van der Waals surface area contributed by atoms with Crippen LogP contribution in [0.3, 0.4) is 0 Å². The van der Waals surface area contributed by atoms with Crippen molar-refractivity contribution in [3.8, 4) is 0 Å². The first kappa shape index (κ1) is 15.6. The van der Waals surface area contributed by atoms with E-state index in [2.05, 4.69) is 38.9 Å². The minimum Gasteiger partial charge on any atom is -0.306 e. The molecular weight excluding hydrogens is 254 g/mol. The molecule has 120 valence electrons. The highest BCUT2D eigenvalue weighted by molar-refractivity contribution is 5.02. The van der Waals surface area contributed by atoms with Gasteiger partial charge in [0.1, 0.15) is 0 Å². The van der Waals surface area contributed by atoms with Crippen molar-refractivity contribution < 1.29 is 0 Å². The Morgan fingerprint density at radius 3 is 2.00 bits per heavy atom. The summed E-state index contributed by atoms with van der Waals surface area (Å²) in [6.07, 6.45) is 16.0. The minimum atomic E-state index is 0.743. The highest BCUT2D eigenvalue weighted by atomic mass is 15.1. The molecule has 0 radical (unpaired) electrons. The Morgan fingerprint density at radius 2 is 1.57 bits per heavy atom. The number of hydrogen-bond donors (Lipinski definition) is 0. The van der Waals surface area contributed by atoms with E-state index in [4.69, 9.17) is 0 Å². The van der Waals surface area contributed by atoms with Gasteiger partial charge in [0.05, 0.1) is 0 Å². The van der Waals surface area contributed by atoms with Crippen LogP contribution in [0.2, 0.25) is 0 Å². The lowest BCUT2D eigenvalue weighted by atomic mass is 9.48. The van der Waals surface area contributed by atoms with Gasteiger partial charge in [0.25, 0.3) is 0 Å². The molecule has 0 aromatic carbocycles. The summed E-state index contributed by atoms with van der Waals surface area (Å²) in [6, 6.07) is 0.743. The van der Waals surface area contributed by atoms with Gasteiger partial charge in [0, 0.05) is 6.04 Å². The lowest BCUT2D eigenvalue weighted by molar-refractivity contribution is -0.0604. The van der Waals surface area contributed by atoms with Crippen LogP contribution >= 0.6 is 0 Å². The monoisotopic (exact) mass is 289 g/mol. The number of allylic oxidation sites excluding steroid dienone is 1. The third-order valence-electron chi connectivity index (χ3n) is 6.70. The largest absolute Gasteiger partial charge is 0.306 e. The first-order valence-corrected chi connectivity index (χ1v) is 9.25. The molecule has 0 heterocycles.